The van der Waals surface area contributed by atoms with Gasteiger partial charge in [-0.25, -0.2) is 4.79 Å². The van der Waals surface area contributed by atoms with Crippen LogP contribution in [0.15, 0.2) is 24.3 Å². The van der Waals surface area contributed by atoms with Crippen LogP contribution in [0, 0.1) is 0 Å². The van der Waals surface area contributed by atoms with Crippen LogP contribution in [-0.2, 0) is 9.53 Å². The van der Waals surface area contributed by atoms with E-state index in [-0.39, 0.29) is 5.97 Å². The van der Waals surface area contributed by atoms with Crippen LogP contribution in [-0.4, -0.2) is 12.6 Å². The summed E-state index contributed by atoms with van der Waals surface area (Å²) in [6.45, 7) is 4.67. The molecular formula is C13H22O2. The summed E-state index contributed by atoms with van der Waals surface area (Å²) in [6, 6.07) is 0. The van der Waals surface area contributed by atoms with Crippen molar-refractivity contribution >= 4 is 5.97 Å². The average molecular weight is 210 g/mol. The standard InChI is InChI=1S/C13H22O2/c1-3-5-6-7-8-9-10-11-13(14)15-12-4-2/h8-11H,3-7,12H2,1-2H3/b9-8-,11-10-. The summed E-state index contributed by atoms with van der Waals surface area (Å²) >= 11 is 0. The molecule has 86 valence electrons. The number of carbonyl (C=O) groups is 1. The Labute approximate surface area is 93.0 Å². The molecule has 2 heteroatoms. The van der Waals surface area contributed by atoms with Crippen molar-refractivity contribution in [3.63, 3.8) is 0 Å². The molecule has 0 rings (SSSR count). The summed E-state index contributed by atoms with van der Waals surface area (Å²) in [5, 5.41) is 0. The lowest BCUT2D eigenvalue weighted by molar-refractivity contribution is -0.137. The molecule has 0 N–H and O–H groups in total. The van der Waals surface area contributed by atoms with Gasteiger partial charge in [0.25, 0.3) is 0 Å². The zero-order chi connectivity index (χ0) is 11.4. The second kappa shape index (κ2) is 11.0. The molecule has 0 aliphatic carbocycles. The Morgan fingerprint density at radius 2 is 1.93 bits per heavy atom. The molecule has 0 bridgehead atoms. The summed E-state index contributed by atoms with van der Waals surface area (Å²) in [5.41, 5.74) is 0. The van der Waals surface area contributed by atoms with E-state index in [2.05, 4.69) is 13.0 Å². The summed E-state index contributed by atoms with van der Waals surface area (Å²) < 4.78 is 4.88. The lowest BCUT2D eigenvalue weighted by Crippen LogP contribution is -2.00. The van der Waals surface area contributed by atoms with Crippen molar-refractivity contribution in [2.45, 2.75) is 46.0 Å². The van der Waals surface area contributed by atoms with Crippen LogP contribution in [0.1, 0.15) is 46.0 Å². The largest absolute Gasteiger partial charge is 0.463 e. The van der Waals surface area contributed by atoms with Crippen LogP contribution in [0.4, 0.5) is 0 Å². The van der Waals surface area contributed by atoms with E-state index in [0.717, 1.165) is 12.8 Å². The smallest absolute Gasteiger partial charge is 0.330 e. The van der Waals surface area contributed by atoms with Gasteiger partial charge in [-0.05, 0) is 19.3 Å². The quantitative estimate of drug-likeness (QED) is 0.265. The van der Waals surface area contributed by atoms with Crippen molar-refractivity contribution in [1.29, 1.82) is 0 Å². The predicted octanol–water partition coefficient (Wildman–Crippen LogP) is 3.63. The predicted molar refractivity (Wildman–Crippen MR) is 63.7 cm³/mol. The molecule has 0 unspecified atom stereocenters. The van der Waals surface area contributed by atoms with Gasteiger partial charge in [-0.15, -0.1) is 0 Å². The summed E-state index contributed by atoms with van der Waals surface area (Å²) in [6.07, 6.45) is 12.9. The Balaban J connectivity index is 3.46. The molecule has 15 heavy (non-hydrogen) atoms. The van der Waals surface area contributed by atoms with Gasteiger partial charge in [-0.1, -0.05) is 44.9 Å². The number of allylic oxidation sites excluding steroid dienone is 3. The van der Waals surface area contributed by atoms with Crippen molar-refractivity contribution in [2.75, 3.05) is 6.61 Å². The fourth-order valence-electron chi connectivity index (χ4n) is 1.07. The van der Waals surface area contributed by atoms with Crippen molar-refractivity contribution in [2.24, 2.45) is 0 Å². The molecule has 0 fully saturated rings. The highest BCUT2D eigenvalue weighted by Gasteiger charge is 1.91. The number of ether oxygens (including phenoxy) is 1. The van der Waals surface area contributed by atoms with Gasteiger partial charge in [-0.3, -0.25) is 0 Å². The highest BCUT2D eigenvalue weighted by molar-refractivity contribution is 5.82. The fraction of sp³-hybridized carbons (Fsp3) is 0.615. The second-order valence-corrected chi connectivity index (χ2v) is 3.45. The van der Waals surface area contributed by atoms with Gasteiger partial charge >= 0.3 is 5.97 Å². The number of esters is 1. The molecule has 0 aliphatic heterocycles. The first-order valence-corrected chi connectivity index (χ1v) is 5.81. The van der Waals surface area contributed by atoms with Crippen LogP contribution in [0.25, 0.3) is 0 Å². The molecule has 0 aliphatic rings. The van der Waals surface area contributed by atoms with Crippen LogP contribution < -0.4 is 0 Å². The third-order valence-electron chi connectivity index (χ3n) is 1.90. The molecule has 0 aromatic rings. The maximum Gasteiger partial charge on any atom is 0.330 e. The van der Waals surface area contributed by atoms with Gasteiger partial charge in [0, 0.05) is 6.08 Å². The summed E-state index contributed by atoms with van der Waals surface area (Å²) in [4.78, 5) is 11.0. The molecule has 0 radical (unpaired) electrons. The Morgan fingerprint density at radius 3 is 2.60 bits per heavy atom. The number of carbonyl (C=O) groups excluding carboxylic acids is 1. The van der Waals surface area contributed by atoms with E-state index in [4.69, 9.17) is 4.74 Å². The summed E-state index contributed by atoms with van der Waals surface area (Å²) in [5.74, 6) is -0.255. The maximum absolute atomic E-state index is 11.0. The normalized spacial score (nSPS) is 11.3. The van der Waals surface area contributed by atoms with Crippen LogP contribution in [0.5, 0.6) is 0 Å². The Morgan fingerprint density at radius 1 is 1.13 bits per heavy atom. The van der Waals surface area contributed by atoms with Gasteiger partial charge in [0.2, 0.25) is 0 Å². The van der Waals surface area contributed by atoms with E-state index in [1.165, 1.54) is 25.3 Å². The molecule has 0 aromatic heterocycles. The first kappa shape index (κ1) is 13.9. The first-order chi connectivity index (χ1) is 7.31. The molecule has 2 nitrogen and oxygen atoms in total. The lowest BCUT2D eigenvalue weighted by atomic mass is 10.2. The van der Waals surface area contributed by atoms with Crippen molar-refractivity contribution in [1.82, 2.24) is 0 Å². The topological polar surface area (TPSA) is 26.3 Å². The van der Waals surface area contributed by atoms with Crippen molar-refractivity contribution in [3.8, 4) is 0 Å². The molecular weight excluding hydrogens is 188 g/mol. The Hall–Kier alpha value is -1.05. The molecule has 0 aromatic carbocycles. The number of unbranched alkanes of at least 4 members (excludes halogenated alkanes) is 3. The highest BCUT2D eigenvalue weighted by Crippen LogP contribution is 1.99. The van der Waals surface area contributed by atoms with Crippen molar-refractivity contribution < 1.29 is 9.53 Å². The first-order valence-electron chi connectivity index (χ1n) is 5.81. The van der Waals surface area contributed by atoms with E-state index in [0.29, 0.717) is 6.61 Å². The minimum Gasteiger partial charge on any atom is -0.463 e. The van der Waals surface area contributed by atoms with Gasteiger partial charge in [-0.2, -0.15) is 0 Å². The molecule has 0 atom stereocenters. The molecule has 0 spiro atoms. The molecule has 0 heterocycles. The number of rotatable bonds is 8. The Bertz CT molecular complexity index is 205. The zero-order valence-corrected chi connectivity index (χ0v) is 9.87. The van der Waals surface area contributed by atoms with Crippen LogP contribution in [0.3, 0.4) is 0 Å². The Kier molecular flexibility index (Phi) is 10.3. The van der Waals surface area contributed by atoms with Crippen LogP contribution >= 0.6 is 0 Å². The van der Waals surface area contributed by atoms with E-state index in [1.807, 2.05) is 13.0 Å². The maximum atomic E-state index is 11.0. The zero-order valence-electron chi connectivity index (χ0n) is 9.87. The minimum atomic E-state index is -0.255. The van der Waals surface area contributed by atoms with E-state index in [9.17, 15) is 4.79 Å². The SMILES string of the molecule is CCCCC/C=C\C=C/C(=O)OCCC. The lowest BCUT2D eigenvalue weighted by Gasteiger charge is -1.95. The van der Waals surface area contributed by atoms with Gasteiger partial charge in [0.1, 0.15) is 0 Å². The molecule has 0 amide bonds. The number of hydrogen-bond acceptors (Lipinski definition) is 2. The third kappa shape index (κ3) is 10.9. The number of hydrogen-bond donors (Lipinski definition) is 0. The monoisotopic (exact) mass is 210 g/mol. The van der Waals surface area contributed by atoms with Gasteiger partial charge < -0.3 is 4.74 Å². The van der Waals surface area contributed by atoms with Gasteiger partial charge in [0.05, 0.1) is 6.61 Å². The van der Waals surface area contributed by atoms with E-state index >= 15 is 0 Å². The summed E-state index contributed by atoms with van der Waals surface area (Å²) in [7, 11) is 0. The van der Waals surface area contributed by atoms with Gasteiger partial charge in [0.15, 0.2) is 0 Å². The van der Waals surface area contributed by atoms with Crippen LogP contribution in [0.2, 0.25) is 0 Å². The third-order valence-corrected chi connectivity index (χ3v) is 1.90. The average Bonchev–Trinajstić information content (AvgIpc) is 2.25. The van der Waals surface area contributed by atoms with E-state index in [1.54, 1.807) is 6.08 Å². The second-order valence-electron chi connectivity index (χ2n) is 3.45. The molecule has 0 saturated heterocycles. The molecule has 0 saturated carbocycles. The van der Waals surface area contributed by atoms with Crippen molar-refractivity contribution in [3.05, 3.63) is 24.3 Å². The fourth-order valence-corrected chi connectivity index (χ4v) is 1.07. The minimum absolute atomic E-state index is 0.255. The van der Waals surface area contributed by atoms with E-state index < -0.39 is 0 Å². The highest BCUT2D eigenvalue weighted by atomic mass is 16.5.